The normalized spacial score (nSPS) is 11.8. The molecule has 0 saturated heterocycles. The van der Waals surface area contributed by atoms with Crippen LogP contribution in [0.4, 0.5) is 11.4 Å². The Bertz CT molecular complexity index is 951. The summed E-state index contributed by atoms with van der Waals surface area (Å²) in [6.45, 7) is 8.05. The number of ether oxygens (including phenoxy) is 1. The number of rotatable bonds is 7. The van der Waals surface area contributed by atoms with Crippen molar-refractivity contribution < 1.29 is 9.53 Å². The van der Waals surface area contributed by atoms with Gasteiger partial charge in [0.05, 0.1) is 0 Å². The van der Waals surface area contributed by atoms with Gasteiger partial charge in [-0.15, -0.1) is 0 Å². The van der Waals surface area contributed by atoms with Gasteiger partial charge in [0.1, 0.15) is 11.8 Å². The van der Waals surface area contributed by atoms with E-state index in [4.69, 9.17) is 4.74 Å². The van der Waals surface area contributed by atoms with Crippen LogP contribution < -0.4 is 15.4 Å². The van der Waals surface area contributed by atoms with Gasteiger partial charge in [0.25, 0.3) is 0 Å². The molecule has 1 unspecified atom stereocenters. The quantitative estimate of drug-likeness (QED) is 0.540. The predicted octanol–water partition coefficient (Wildman–Crippen LogP) is 5.74. The summed E-state index contributed by atoms with van der Waals surface area (Å²) in [5, 5.41) is 6.25. The Kier molecular flexibility index (Phi) is 6.50. The number of hydrogen-bond acceptors (Lipinski definition) is 4. The number of aryl methyl sites for hydroxylation is 1. The molecule has 5 heteroatoms. The number of nitrogens with zero attached hydrogens (tertiary/aromatic N) is 1. The van der Waals surface area contributed by atoms with Crippen molar-refractivity contribution in [2.75, 3.05) is 10.6 Å². The Balaban J connectivity index is 1.59. The molecule has 29 heavy (non-hydrogen) atoms. The molecule has 0 fully saturated rings. The second-order valence-electron chi connectivity index (χ2n) is 7.40. The number of aromatic nitrogens is 1. The second kappa shape index (κ2) is 9.24. The molecule has 1 atom stereocenters. The van der Waals surface area contributed by atoms with E-state index in [2.05, 4.69) is 29.5 Å². The number of amides is 1. The van der Waals surface area contributed by atoms with Gasteiger partial charge in [-0.3, -0.25) is 4.79 Å². The van der Waals surface area contributed by atoms with Gasteiger partial charge in [0.15, 0.2) is 0 Å². The van der Waals surface area contributed by atoms with Crippen molar-refractivity contribution in [2.45, 2.75) is 39.7 Å². The lowest BCUT2D eigenvalue weighted by atomic mass is 10.0. The smallest absolute Gasteiger partial charge is 0.246 e. The van der Waals surface area contributed by atoms with Gasteiger partial charge in [0, 0.05) is 23.6 Å². The van der Waals surface area contributed by atoms with Gasteiger partial charge >= 0.3 is 0 Å². The van der Waals surface area contributed by atoms with Gasteiger partial charge in [-0.05, 0) is 61.2 Å². The Hall–Kier alpha value is -3.34. The first kappa shape index (κ1) is 20.4. The van der Waals surface area contributed by atoms with E-state index in [1.165, 1.54) is 0 Å². The SMILES string of the molecule is Cc1ccc(Oc2ccc(NC(C)C(=O)Nc3ccccc3C(C)C)cc2)nc1. The van der Waals surface area contributed by atoms with Crippen LogP contribution in [0.15, 0.2) is 66.9 Å². The maximum atomic E-state index is 12.6. The van der Waals surface area contributed by atoms with Crippen LogP contribution in [0.1, 0.15) is 37.8 Å². The molecule has 2 N–H and O–H groups in total. The monoisotopic (exact) mass is 389 g/mol. The summed E-state index contributed by atoms with van der Waals surface area (Å²) in [4.78, 5) is 16.9. The molecule has 150 valence electrons. The molecule has 0 aliphatic heterocycles. The van der Waals surface area contributed by atoms with E-state index in [0.717, 1.165) is 22.5 Å². The van der Waals surface area contributed by atoms with Crippen molar-refractivity contribution >= 4 is 17.3 Å². The van der Waals surface area contributed by atoms with E-state index in [1.807, 2.05) is 74.5 Å². The average molecular weight is 389 g/mol. The lowest BCUT2D eigenvalue weighted by Crippen LogP contribution is -2.32. The third kappa shape index (κ3) is 5.57. The Morgan fingerprint density at radius 3 is 2.34 bits per heavy atom. The zero-order chi connectivity index (χ0) is 20.8. The first-order valence-electron chi connectivity index (χ1n) is 9.79. The maximum Gasteiger partial charge on any atom is 0.246 e. The molecule has 0 radical (unpaired) electrons. The minimum absolute atomic E-state index is 0.0812. The van der Waals surface area contributed by atoms with Crippen LogP contribution in [0.5, 0.6) is 11.6 Å². The van der Waals surface area contributed by atoms with Crippen LogP contribution >= 0.6 is 0 Å². The molecule has 0 spiro atoms. The number of hydrogen-bond donors (Lipinski definition) is 2. The summed E-state index contributed by atoms with van der Waals surface area (Å²) in [7, 11) is 0. The summed E-state index contributed by atoms with van der Waals surface area (Å²) >= 11 is 0. The van der Waals surface area contributed by atoms with Gasteiger partial charge in [-0.1, -0.05) is 38.1 Å². The largest absolute Gasteiger partial charge is 0.439 e. The minimum Gasteiger partial charge on any atom is -0.439 e. The van der Waals surface area contributed by atoms with Gasteiger partial charge in [-0.2, -0.15) is 0 Å². The van der Waals surface area contributed by atoms with E-state index in [-0.39, 0.29) is 11.9 Å². The minimum atomic E-state index is -0.388. The van der Waals surface area contributed by atoms with Crippen molar-refractivity contribution in [3.05, 3.63) is 78.0 Å². The standard InChI is InChI=1S/C24H27N3O2/c1-16(2)21-7-5-6-8-22(21)27-24(28)18(4)26-19-10-12-20(13-11-19)29-23-14-9-17(3)15-25-23/h5-16,18,26H,1-4H3,(H,27,28). The van der Waals surface area contributed by atoms with E-state index >= 15 is 0 Å². The summed E-state index contributed by atoms with van der Waals surface area (Å²) in [6, 6.07) is 18.8. The van der Waals surface area contributed by atoms with Crippen LogP contribution in [0.3, 0.4) is 0 Å². The Morgan fingerprint density at radius 1 is 0.966 bits per heavy atom. The lowest BCUT2D eigenvalue weighted by molar-refractivity contribution is -0.116. The van der Waals surface area contributed by atoms with Crippen molar-refractivity contribution in [3.63, 3.8) is 0 Å². The van der Waals surface area contributed by atoms with Gasteiger partial charge in [0.2, 0.25) is 11.8 Å². The van der Waals surface area contributed by atoms with Crippen molar-refractivity contribution in [1.29, 1.82) is 0 Å². The fourth-order valence-electron chi connectivity index (χ4n) is 2.93. The fourth-order valence-corrected chi connectivity index (χ4v) is 2.93. The summed E-state index contributed by atoms with van der Waals surface area (Å²) in [5.41, 5.74) is 3.91. The molecule has 3 rings (SSSR count). The van der Waals surface area contributed by atoms with Gasteiger partial charge in [-0.25, -0.2) is 4.98 Å². The number of carbonyl (C=O) groups excluding carboxylic acids is 1. The number of benzene rings is 2. The molecule has 1 aromatic heterocycles. The Morgan fingerprint density at radius 2 is 1.69 bits per heavy atom. The highest BCUT2D eigenvalue weighted by atomic mass is 16.5. The lowest BCUT2D eigenvalue weighted by Gasteiger charge is -2.18. The number of nitrogens with one attached hydrogen (secondary N) is 2. The summed E-state index contributed by atoms with van der Waals surface area (Å²) in [5.74, 6) is 1.50. The molecule has 0 bridgehead atoms. The third-order valence-corrected chi connectivity index (χ3v) is 4.58. The van der Waals surface area contributed by atoms with Crippen LogP contribution in [0, 0.1) is 6.92 Å². The van der Waals surface area contributed by atoms with E-state index in [9.17, 15) is 4.79 Å². The summed E-state index contributed by atoms with van der Waals surface area (Å²) in [6.07, 6.45) is 1.77. The molecule has 5 nitrogen and oxygen atoms in total. The van der Waals surface area contributed by atoms with E-state index in [1.54, 1.807) is 6.20 Å². The number of para-hydroxylation sites is 1. The first-order chi connectivity index (χ1) is 13.9. The number of carbonyl (C=O) groups is 1. The Labute approximate surface area is 172 Å². The van der Waals surface area contributed by atoms with Gasteiger partial charge < -0.3 is 15.4 Å². The van der Waals surface area contributed by atoms with E-state index in [0.29, 0.717) is 17.5 Å². The first-order valence-corrected chi connectivity index (χ1v) is 9.79. The molecule has 0 aliphatic carbocycles. The van der Waals surface area contributed by atoms with Crippen molar-refractivity contribution in [2.24, 2.45) is 0 Å². The highest BCUT2D eigenvalue weighted by Gasteiger charge is 2.15. The van der Waals surface area contributed by atoms with Crippen LogP contribution in [-0.2, 0) is 4.79 Å². The predicted molar refractivity (Wildman–Crippen MR) is 118 cm³/mol. The topological polar surface area (TPSA) is 63.2 Å². The van der Waals surface area contributed by atoms with Crippen molar-refractivity contribution in [3.8, 4) is 11.6 Å². The number of pyridine rings is 1. The molecular formula is C24H27N3O2. The van der Waals surface area contributed by atoms with Crippen molar-refractivity contribution in [1.82, 2.24) is 4.98 Å². The van der Waals surface area contributed by atoms with Crippen LogP contribution in [-0.4, -0.2) is 16.9 Å². The summed E-state index contributed by atoms with van der Waals surface area (Å²) < 4.78 is 5.74. The molecule has 0 saturated carbocycles. The zero-order valence-corrected chi connectivity index (χ0v) is 17.3. The highest BCUT2D eigenvalue weighted by Crippen LogP contribution is 2.25. The molecule has 1 heterocycles. The number of anilines is 2. The zero-order valence-electron chi connectivity index (χ0n) is 17.3. The molecule has 1 amide bonds. The molecular weight excluding hydrogens is 362 g/mol. The van der Waals surface area contributed by atoms with E-state index < -0.39 is 0 Å². The maximum absolute atomic E-state index is 12.6. The average Bonchev–Trinajstić information content (AvgIpc) is 2.71. The second-order valence-corrected chi connectivity index (χ2v) is 7.40. The van der Waals surface area contributed by atoms with Crippen LogP contribution in [0.2, 0.25) is 0 Å². The molecule has 3 aromatic rings. The highest BCUT2D eigenvalue weighted by molar-refractivity contribution is 5.96. The molecule has 2 aromatic carbocycles. The fraction of sp³-hybridized carbons (Fsp3) is 0.250. The molecule has 0 aliphatic rings. The van der Waals surface area contributed by atoms with Crippen LogP contribution in [0.25, 0.3) is 0 Å². The third-order valence-electron chi connectivity index (χ3n) is 4.58.